The van der Waals surface area contributed by atoms with Crippen LogP contribution in [0.25, 0.3) is 0 Å². The van der Waals surface area contributed by atoms with Crippen molar-refractivity contribution in [3.05, 3.63) is 28.8 Å². The van der Waals surface area contributed by atoms with Gasteiger partial charge in [-0.2, -0.15) is 4.39 Å². The highest BCUT2D eigenvalue weighted by atomic mass is 19.2. The summed E-state index contributed by atoms with van der Waals surface area (Å²) in [6, 6.07) is 1.68. The lowest BCUT2D eigenvalue weighted by molar-refractivity contribution is 0.155. The van der Waals surface area contributed by atoms with E-state index in [-0.39, 0.29) is 14.5 Å². The van der Waals surface area contributed by atoms with Crippen molar-refractivity contribution in [2.24, 2.45) is 17.8 Å². The van der Waals surface area contributed by atoms with Gasteiger partial charge in [-0.3, -0.25) is 0 Å². The van der Waals surface area contributed by atoms with Crippen molar-refractivity contribution in [1.82, 2.24) is 0 Å². The summed E-state index contributed by atoms with van der Waals surface area (Å²) in [5.41, 5.74) is 1.43. The molecule has 2 saturated carbocycles. The lowest BCUT2D eigenvalue weighted by Gasteiger charge is -2.38. The summed E-state index contributed by atoms with van der Waals surface area (Å²) < 4.78 is 34.3. The van der Waals surface area contributed by atoms with Gasteiger partial charge < -0.3 is 4.74 Å². The van der Waals surface area contributed by atoms with Crippen LogP contribution in [0.1, 0.15) is 98.0 Å². The first-order valence-electron chi connectivity index (χ1n) is 11.2. The largest absolute Gasteiger partial charge is 0.491 e. The normalized spacial score (nSPS) is 28.9. The van der Waals surface area contributed by atoms with Crippen molar-refractivity contribution in [3.63, 3.8) is 0 Å². The van der Waals surface area contributed by atoms with Gasteiger partial charge in [0.2, 0.25) is 5.82 Å². The van der Waals surface area contributed by atoms with E-state index in [1.54, 1.807) is 13.0 Å². The fraction of sp³-hybridized carbons (Fsp3) is 0.750. The van der Waals surface area contributed by atoms with Gasteiger partial charge in [0.1, 0.15) is 0 Å². The molecule has 0 heterocycles. The number of aryl methyl sites for hydroxylation is 1. The van der Waals surface area contributed by atoms with Crippen molar-refractivity contribution in [1.29, 1.82) is 0 Å². The van der Waals surface area contributed by atoms with E-state index in [4.69, 9.17) is 4.74 Å². The Kier molecular flexibility index (Phi) is 7.16. The second-order valence-corrected chi connectivity index (χ2v) is 8.85. The van der Waals surface area contributed by atoms with Crippen molar-refractivity contribution < 1.29 is 16.4 Å². The maximum absolute atomic E-state index is 14.7. The molecule has 156 valence electrons. The maximum Gasteiger partial charge on any atom is 0.200 e. The number of benzene rings is 1. The highest BCUT2D eigenvalue weighted by Crippen LogP contribution is 2.46. The van der Waals surface area contributed by atoms with E-state index in [2.05, 4.69) is 6.92 Å². The molecule has 0 aliphatic heterocycles. The minimum absolute atomic E-state index is 0. The summed E-state index contributed by atoms with van der Waals surface area (Å²) in [5, 5.41) is 0. The molecule has 0 saturated heterocycles. The third-order valence-electron chi connectivity index (χ3n) is 7.15. The topological polar surface area (TPSA) is 9.23 Å². The molecule has 0 amide bonds. The third-order valence-corrected chi connectivity index (χ3v) is 7.15. The first-order valence-corrected chi connectivity index (χ1v) is 11.2. The molecular formula is C24H40F2O. The summed E-state index contributed by atoms with van der Waals surface area (Å²) in [5.74, 6) is 1.32. The van der Waals surface area contributed by atoms with E-state index >= 15 is 0 Å². The van der Waals surface area contributed by atoms with Crippen LogP contribution in [0.15, 0.2) is 6.07 Å². The van der Waals surface area contributed by atoms with Crippen LogP contribution in [-0.2, 0) is 0 Å². The zero-order valence-corrected chi connectivity index (χ0v) is 17.3. The maximum atomic E-state index is 14.7. The summed E-state index contributed by atoms with van der Waals surface area (Å²) in [4.78, 5) is 0. The molecule has 1 aromatic carbocycles. The van der Waals surface area contributed by atoms with Gasteiger partial charge in [0.25, 0.3) is 0 Å². The van der Waals surface area contributed by atoms with Crippen LogP contribution in [0.5, 0.6) is 5.75 Å². The minimum atomic E-state index is -0.811. The number of hydrogen-bond acceptors (Lipinski definition) is 1. The summed E-state index contributed by atoms with van der Waals surface area (Å²) in [6.07, 6.45) is 12.6. The molecule has 27 heavy (non-hydrogen) atoms. The number of ether oxygens (including phenoxy) is 1. The Bertz CT molecular complexity index is 622. The Morgan fingerprint density at radius 1 is 0.926 bits per heavy atom. The lowest BCUT2D eigenvalue weighted by Crippen LogP contribution is -2.26. The van der Waals surface area contributed by atoms with Gasteiger partial charge in [0.05, 0.1) is 6.61 Å². The zero-order chi connectivity index (χ0) is 19.4. The quantitative estimate of drug-likeness (QED) is 0.483. The summed E-state index contributed by atoms with van der Waals surface area (Å²) in [6.45, 7) is 6.32. The van der Waals surface area contributed by atoms with Gasteiger partial charge >= 0.3 is 0 Å². The van der Waals surface area contributed by atoms with E-state index in [9.17, 15) is 8.78 Å². The highest BCUT2D eigenvalue weighted by molar-refractivity contribution is 5.40. The summed E-state index contributed by atoms with van der Waals surface area (Å²) in [7, 11) is 0. The molecule has 3 heteroatoms. The van der Waals surface area contributed by atoms with Gasteiger partial charge in [0, 0.05) is 2.85 Å². The van der Waals surface area contributed by atoms with E-state index in [0.717, 1.165) is 36.2 Å². The Balaban J connectivity index is 0.00000210. The highest BCUT2D eigenvalue weighted by Gasteiger charge is 2.33. The van der Waals surface area contributed by atoms with Crippen LogP contribution < -0.4 is 4.74 Å². The van der Waals surface area contributed by atoms with Gasteiger partial charge in [-0.25, -0.2) is 4.39 Å². The molecule has 0 atom stereocenters. The fourth-order valence-electron chi connectivity index (χ4n) is 5.73. The Labute approximate surface area is 166 Å². The van der Waals surface area contributed by atoms with E-state index in [0.29, 0.717) is 12.2 Å². The second kappa shape index (κ2) is 9.39. The first-order chi connectivity index (χ1) is 13.0. The van der Waals surface area contributed by atoms with E-state index in [1.807, 2.05) is 6.92 Å². The molecule has 2 aliphatic carbocycles. The van der Waals surface area contributed by atoms with Crippen LogP contribution in [0, 0.1) is 36.3 Å². The predicted octanol–water partition coefficient (Wildman–Crippen LogP) is 8.04. The SMILES string of the molecule is CCCC1CCC(C2CCC(c3c(C)cc(OCC)c(F)c3F)CC2)CC1.[HH].[HH]. The lowest BCUT2D eigenvalue weighted by atomic mass is 9.67. The van der Waals surface area contributed by atoms with Crippen LogP contribution in [0.3, 0.4) is 0 Å². The molecule has 0 aromatic heterocycles. The van der Waals surface area contributed by atoms with Gasteiger partial charge in [-0.15, -0.1) is 0 Å². The molecular weight excluding hydrogens is 342 g/mol. The molecule has 1 aromatic rings. The van der Waals surface area contributed by atoms with Crippen LogP contribution in [0.4, 0.5) is 8.78 Å². The average Bonchev–Trinajstić information content (AvgIpc) is 2.68. The van der Waals surface area contributed by atoms with E-state index in [1.165, 1.54) is 51.4 Å². The van der Waals surface area contributed by atoms with Crippen molar-refractivity contribution >= 4 is 0 Å². The predicted molar refractivity (Wildman–Crippen MR) is 112 cm³/mol. The van der Waals surface area contributed by atoms with Crippen LogP contribution in [0.2, 0.25) is 0 Å². The van der Waals surface area contributed by atoms with Gasteiger partial charge in [0.15, 0.2) is 11.6 Å². The smallest absolute Gasteiger partial charge is 0.200 e. The molecule has 3 rings (SSSR count). The molecule has 2 aliphatic rings. The summed E-state index contributed by atoms with van der Waals surface area (Å²) >= 11 is 0. The van der Waals surface area contributed by atoms with Crippen molar-refractivity contribution in [2.45, 2.75) is 90.9 Å². The van der Waals surface area contributed by atoms with Crippen molar-refractivity contribution in [2.75, 3.05) is 6.61 Å². The Morgan fingerprint density at radius 3 is 2.07 bits per heavy atom. The average molecular weight is 383 g/mol. The standard InChI is InChI=1S/C24H36F2O.2H2/c1-4-6-17-7-9-18(10-8-17)19-11-13-20(14-12-19)22-16(3)15-21(27-5-2)23(25)24(22)26;;/h15,17-20H,4-14H2,1-3H3;2*1H. The molecule has 0 N–H and O–H groups in total. The molecule has 0 radical (unpaired) electrons. The number of rotatable bonds is 6. The van der Waals surface area contributed by atoms with Crippen molar-refractivity contribution in [3.8, 4) is 5.75 Å². The molecule has 0 unspecified atom stereocenters. The van der Waals surface area contributed by atoms with Gasteiger partial charge in [-0.1, -0.05) is 32.6 Å². The minimum Gasteiger partial charge on any atom is -0.491 e. The zero-order valence-electron chi connectivity index (χ0n) is 17.3. The fourth-order valence-corrected chi connectivity index (χ4v) is 5.73. The number of hydrogen-bond donors (Lipinski definition) is 0. The van der Waals surface area contributed by atoms with Crippen LogP contribution >= 0.6 is 0 Å². The molecule has 1 nitrogen and oxygen atoms in total. The van der Waals surface area contributed by atoms with Gasteiger partial charge in [-0.05, 0) is 93.2 Å². The van der Waals surface area contributed by atoms with Crippen LogP contribution in [-0.4, -0.2) is 6.61 Å². The molecule has 0 spiro atoms. The second-order valence-electron chi connectivity index (χ2n) is 8.85. The first kappa shape index (κ1) is 20.6. The monoisotopic (exact) mass is 382 g/mol. The molecule has 0 bridgehead atoms. The Hall–Kier alpha value is -1.12. The Morgan fingerprint density at radius 2 is 1.52 bits per heavy atom. The third kappa shape index (κ3) is 4.66. The molecule has 2 fully saturated rings. The number of halogens is 2. The van der Waals surface area contributed by atoms with E-state index < -0.39 is 11.6 Å².